The summed E-state index contributed by atoms with van der Waals surface area (Å²) in [5.74, 6) is 0.593. The molecule has 0 aromatic carbocycles. The van der Waals surface area contributed by atoms with Crippen LogP contribution >= 0.6 is 0 Å². The van der Waals surface area contributed by atoms with Gasteiger partial charge in [0.05, 0.1) is 4.90 Å². The Morgan fingerprint density at radius 1 is 1.29 bits per heavy atom. The van der Waals surface area contributed by atoms with Gasteiger partial charge in [0.25, 0.3) is 0 Å². The van der Waals surface area contributed by atoms with Crippen LogP contribution in [0, 0.1) is 0 Å². The van der Waals surface area contributed by atoms with Crippen LogP contribution in [0.3, 0.4) is 0 Å². The van der Waals surface area contributed by atoms with Crippen LogP contribution in [0.15, 0.2) is 23.2 Å². The van der Waals surface area contributed by atoms with Crippen LogP contribution < -0.4 is 5.32 Å². The van der Waals surface area contributed by atoms with E-state index in [1.54, 1.807) is 16.4 Å². The topological polar surface area (TPSA) is 62.3 Å². The van der Waals surface area contributed by atoms with E-state index in [-0.39, 0.29) is 6.04 Å². The molecule has 0 saturated heterocycles. The van der Waals surface area contributed by atoms with Crippen molar-refractivity contribution in [1.29, 1.82) is 0 Å². The zero-order chi connectivity index (χ0) is 15.9. The van der Waals surface area contributed by atoms with E-state index in [2.05, 4.69) is 17.2 Å². The first kappa shape index (κ1) is 17.9. The van der Waals surface area contributed by atoms with Crippen molar-refractivity contribution in [2.45, 2.75) is 57.9 Å². The highest BCUT2D eigenvalue weighted by Crippen LogP contribution is 2.20. The zero-order valence-corrected chi connectivity index (χ0v) is 14.3. The van der Waals surface area contributed by atoms with E-state index < -0.39 is 10.0 Å². The molecule has 0 aliphatic heterocycles. The largest absolute Gasteiger partial charge is 0.370 e. The standard InChI is InChI=1S/C15H27N3O2S/c1-5-7-8-11-18(13(3)4)21(19,20)14-9-10-17-15(12-14)16-6-2/h9-10,12-13H,5-8,11H2,1-4H3,(H,16,17). The van der Waals surface area contributed by atoms with E-state index in [9.17, 15) is 8.42 Å². The molecule has 0 spiro atoms. The number of sulfonamides is 1. The van der Waals surface area contributed by atoms with Gasteiger partial charge in [0.2, 0.25) is 10.0 Å². The van der Waals surface area contributed by atoms with Crippen LogP contribution in [-0.4, -0.2) is 36.8 Å². The number of pyridine rings is 1. The number of nitrogens with zero attached hydrogens (tertiary/aromatic N) is 2. The number of hydrogen-bond acceptors (Lipinski definition) is 4. The van der Waals surface area contributed by atoms with Crippen molar-refractivity contribution in [2.75, 3.05) is 18.4 Å². The quantitative estimate of drug-likeness (QED) is 0.712. The Labute approximate surface area is 128 Å². The molecule has 0 fully saturated rings. The summed E-state index contributed by atoms with van der Waals surface area (Å²) in [6, 6.07) is 3.11. The van der Waals surface area contributed by atoms with E-state index in [4.69, 9.17) is 0 Å². The van der Waals surface area contributed by atoms with E-state index in [1.807, 2.05) is 20.8 Å². The molecule has 5 nitrogen and oxygen atoms in total. The maximum Gasteiger partial charge on any atom is 0.243 e. The third-order valence-corrected chi connectivity index (χ3v) is 5.33. The second kappa shape index (κ2) is 8.34. The molecule has 0 bridgehead atoms. The summed E-state index contributed by atoms with van der Waals surface area (Å²) in [5.41, 5.74) is 0. The summed E-state index contributed by atoms with van der Waals surface area (Å²) in [5, 5.41) is 3.05. The molecule has 6 heteroatoms. The second-order valence-electron chi connectivity index (χ2n) is 5.32. The van der Waals surface area contributed by atoms with Gasteiger partial charge in [-0.3, -0.25) is 0 Å². The minimum Gasteiger partial charge on any atom is -0.370 e. The minimum atomic E-state index is -3.47. The Kier molecular flexibility index (Phi) is 7.11. The number of hydrogen-bond donors (Lipinski definition) is 1. The third kappa shape index (κ3) is 4.97. The molecule has 1 N–H and O–H groups in total. The summed E-state index contributed by atoms with van der Waals surface area (Å²) in [4.78, 5) is 4.43. The highest BCUT2D eigenvalue weighted by Gasteiger charge is 2.26. The second-order valence-corrected chi connectivity index (χ2v) is 7.21. The van der Waals surface area contributed by atoms with Gasteiger partial charge in [-0.15, -0.1) is 0 Å². The van der Waals surface area contributed by atoms with Gasteiger partial charge in [0.1, 0.15) is 5.82 Å². The molecule has 1 aromatic rings. The lowest BCUT2D eigenvalue weighted by Crippen LogP contribution is -2.37. The van der Waals surface area contributed by atoms with E-state index >= 15 is 0 Å². The number of nitrogens with one attached hydrogen (secondary N) is 1. The van der Waals surface area contributed by atoms with Gasteiger partial charge in [-0.25, -0.2) is 13.4 Å². The highest BCUT2D eigenvalue weighted by atomic mass is 32.2. The first-order chi connectivity index (χ1) is 9.93. The van der Waals surface area contributed by atoms with Crippen LogP contribution in [0.2, 0.25) is 0 Å². The zero-order valence-electron chi connectivity index (χ0n) is 13.5. The number of aromatic nitrogens is 1. The summed E-state index contributed by atoms with van der Waals surface area (Å²) in [6.45, 7) is 9.16. The summed E-state index contributed by atoms with van der Waals surface area (Å²) in [7, 11) is -3.47. The summed E-state index contributed by atoms with van der Waals surface area (Å²) in [6.07, 6.45) is 4.54. The third-order valence-electron chi connectivity index (χ3n) is 3.25. The Morgan fingerprint density at radius 2 is 2.00 bits per heavy atom. The number of rotatable bonds is 9. The molecule has 0 unspecified atom stereocenters. The molecule has 0 aliphatic rings. The SMILES string of the molecule is CCCCCN(C(C)C)S(=O)(=O)c1ccnc(NCC)c1. The van der Waals surface area contributed by atoms with Crippen molar-refractivity contribution in [2.24, 2.45) is 0 Å². The molecule has 1 heterocycles. The van der Waals surface area contributed by atoms with Crippen molar-refractivity contribution >= 4 is 15.8 Å². The molecule has 0 atom stereocenters. The van der Waals surface area contributed by atoms with E-state index in [1.165, 1.54) is 6.20 Å². The van der Waals surface area contributed by atoms with Gasteiger partial charge >= 0.3 is 0 Å². The average Bonchev–Trinajstić information content (AvgIpc) is 2.43. The predicted molar refractivity (Wildman–Crippen MR) is 87.0 cm³/mol. The van der Waals surface area contributed by atoms with Crippen molar-refractivity contribution in [3.8, 4) is 0 Å². The molecule has 120 valence electrons. The monoisotopic (exact) mass is 313 g/mol. The molecule has 0 saturated carbocycles. The minimum absolute atomic E-state index is 0.0531. The lowest BCUT2D eigenvalue weighted by atomic mass is 10.2. The van der Waals surface area contributed by atoms with Gasteiger partial charge < -0.3 is 5.32 Å². The van der Waals surface area contributed by atoms with Crippen LogP contribution in [0.1, 0.15) is 47.0 Å². The fraction of sp³-hybridized carbons (Fsp3) is 0.667. The maximum absolute atomic E-state index is 12.8. The van der Waals surface area contributed by atoms with E-state index in [0.717, 1.165) is 19.3 Å². The van der Waals surface area contributed by atoms with Crippen molar-refractivity contribution in [1.82, 2.24) is 9.29 Å². The molecule has 0 radical (unpaired) electrons. The lowest BCUT2D eigenvalue weighted by Gasteiger charge is -2.26. The fourth-order valence-electron chi connectivity index (χ4n) is 2.16. The van der Waals surface area contributed by atoms with E-state index in [0.29, 0.717) is 23.8 Å². The molecule has 0 amide bonds. The molecule has 1 rings (SSSR count). The highest BCUT2D eigenvalue weighted by molar-refractivity contribution is 7.89. The maximum atomic E-state index is 12.8. The lowest BCUT2D eigenvalue weighted by molar-refractivity contribution is 0.345. The Balaban J connectivity index is 3.02. The van der Waals surface area contributed by atoms with Gasteiger partial charge in [-0.1, -0.05) is 19.8 Å². The molecule has 21 heavy (non-hydrogen) atoms. The first-order valence-corrected chi connectivity index (χ1v) is 9.09. The summed E-state index contributed by atoms with van der Waals surface area (Å²) >= 11 is 0. The van der Waals surface area contributed by atoms with Crippen LogP contribution in [0.5, 0.6) is 0 Å². The van der Waals surface area contributed by atoms with Crippen LogP contribution in [-0.2, 0) is 10.0 Å². The summed E-state index contributed by atoms with van der Waals surface area (Å²) < 4.78 is 27.2. The van der Waals surface area contributed by atoms with Gasteiger partial charge in [-0.2, -0.15) is 4.31 Å². The molecule has 0 aliphatic carbocycles. The van der Waals surface area contributed by atoms with Crippen LogP contribution in [0.25, 0.3) is 0 Å². The molecule has 1 aromatic heterocycles. The number of anilines is 1. The first-order valence-electron chi connectivity index (χ1n) is 7.65. The normalized spacial score (nSPS) is 12.1. The van der Waals surface area contributed by atoms with Gasteiger partial charge in [-0.05, 0) is 33.3 Å². The van der Waals surface area contributed by atoms with Gasteiger partial charge in [0, 0.05) is 31.4 Å². The van der Waals surface area contributed by atoms with Crippen molar-refractivity contribution in [3.05, 3.63) is 18.3 Å². The molecular formula is C15H27N3O2S. The van der Waals surface area contributed by atoms with Crippen molar-refractivity contribution < 1.29 is 8.42 Å². The van der Waals surface area contributed by atoms with Crippen LogP contribution in [0.4, 0.5) is 5.82 Å². The van der Waals surface area contributed by atoms with Crippen molar-refractivity contribution in [3.63, 3.8) is 0 Å². The fourth-order valence-corrected chi connectivity index (χ4v) is 3.85. The predicted octanol–water partition coefficient (Wildman–Crippen LogP) is 3.10. The molecular weight excluding hydrogens is 286 g/mol. The Hall–Kier alpha value is -1.14. The smallest absolute Gasteiger partial charge is 0.243 e. The average molecular weight is 313 g/mol. The Bertz CT molecular complexity index is 529. The number of unbranched alkanes of at least 4 members (excludes halogenated alkanes) is 2. The van der Waals surface area contributed by atoms with Gasteiger partial charge in [0.15, 0.2) is 0 Å². The Morgan fingerprint density at radius 3 is 2.57 bits per heavy atom.